The molecule has 220 valence electrons. The molecule has 3 unspecified atom stereocenters. The number of ether oxygens (including phenoxy) is 2. The maximum atomic E-state index is 6.77. The van der Waals surface area contributed by atoms with Crippen LogP contribution in [-0.2, 0) is 13.9 Å². The summed E-state index contributed by atoms with van der Waals surface area (Å²) in [6.07, 6.45) is 12.1. The van der Waals surface area contributed by atoms with Crippen LogP contribution in [0.15, 0.2) is 11.6 Å². The third-order valence-electron chi connectivity index (χ3n) is 12.9. The van der Waals surface area contributed by atoms with E-state index in [4.69, 9.17) is 13.9 Å². The molecule has 3 fully saturated rings. The molecule has 0 N–H and O–H groups in total. The molecule has 0 aromatic carbocycles. The third kappa shape index (κ3) is 5.16. The van der Waals surface area contributed by atoms with Crippen LogP contribution < -0.4 is 0 Å². The van der Waals surface area contributed by atoms with Gasteiger partial charge in [0.2, 0.25) is 0 Å². The predicted octanol–water partition coefficient (Wildman–Crippen LogP) is 9.63. The molecule has 0 heterocycles. The average molecular weight is 547 g/mol. The van der Waals surface area contributed by atoms with Gasteiger partial charge in [-0.2, -0.15) is 0 Å². The monoisotopic (exact) mass is 546 g/mol. The fourth-order valence-corrected chi connectivity index (χ4v) is 10.9. The Morgan fingerprint density at radius 3 is 2.29 bits per heavy atom. The fourth-order valence-electron chi connectivity index (χ4n) is 9.77. The minimum absolute atomic E-state index is 0.0674. The molecular formula is C34H62O3Si. The van der Waals surface area contributed by atoms with Crippen molar-refractivity contribution < 1.29 is 13.9 Å². The van der Waals surface area contributed by atoms with Crippen molar-refractivity contribution in [3.05, 3.63) is 11.6 Å². The van der Waals surface area contributed by atoms with Crippen molar-refractivity contribution in [2.75, 3.05) is 13.2 Å². The highest BCUT2D eigenvalue weighted by molar-refractivity contribution is 6.74. The largest absolute Gasteiger partial charge is 0.417 e. The maximum absolute atomic E-state index is 6.77. The van der Waals surface area contributed by atoms with Crippen molar-refractivity contribution in [2.24, 2.45) is 45.8 Å². The van der Waals surface area contributed by atoms with E-state index in [0.717, 1.165) is 36.7 Å². The smallest absolute Gasteiger partial charge is 0.191 e. The van der Waals surface area contributed by atoms with Gasteiger partial charge in [0.25, 0.3) is 0 Å². The molecule has 0 aromatic heterocycles. The van der Waals surface area contributed by atoms with Crippen LogP contribution in [0.3, 0.4) is 0 Å². The molecule has 3 saturated carbocycles. The van der Waals surface area contributed by atoms with E-state index in [-0.39, 0.29) is 22.8 Å². The Kier molecular flexibility index (Phi) is 8.58. The van der Waals surface area contributed by atoms with Crippen LogP contribution in [0.2, 0.25) is 18.1 Å². The standard InChI is InChI=1S/C34H62O3Si/c1-13-35-24(3)37-30-19-21-34(10)28-18-20-33(9)26(23(2)22-36-38(11,12)31(4,5)6)15-16-27(33)25(28)14-17-29(34)32(30,7)8/h17,23-28,30H,13-16,18-22H2,1-12H3/t23?,24?,25-,26+,27-,28-,30?,33+,34+/m0/s1. The van der Waals surface area contributed by atoms with Crippen LogP contribution in [0, 0.1) is 45.8 Å². The lowest BCUT2D eigenvalue weighted by Gasteiger charge is -2.61. The van der Waals surface area contributed by atoms with E-state index >= 15 is 0 Å². The summed E-state index contributed by atoms with van der Waals surface area (Å²) in [5.41, 5.74) is 2.55. The van der Waals surface area contributed by atoms with Crippen LogP contribution in [0.25, 0.3) is 0 Å². The van der Waals surface area contributed by atoms with Crippen LogP contribution in [0.4, 0.5) is 0 Å². The fraction of sp³-hybridized carbons (Fsp3) is 0.941. The molecular weight excluding hydrogens is 484 g/mol. The van der Waals surface area contributed by atoms with Gasteiger partial charge in [0, 0.05) is 18.6 Å². The molecule has 0 amide bonds. The SMILES string of the molecule is CCOC(C)OC1CC[C@@]2(C)C(=CC[C@H]3[C@@H]4CC[C@H](C(C)CO[Si](C)(C)C(C)(C)C)[C@@]4(C)CC[C@@H]32)C1(C)C. The van der Waals surface area contributed by atoms with Gasteiger partial charge < -0.3 is 13.9 Å². The number of hydrogen-bond acceptors (Lipinski definition) is 3. The Morgan fingerprint density at radius 2 is 1.66 bits per heavy atom. The summed E-state index contributed by atoms with van der Waals surface area (Å²) in [7, 11) is -1.70. The van der Waals surface area contributed by atoms with Crippen molar-refractivity contribution in [3.8, 4) is 0 Å². The van der Waals surface area contributed by atoms with Crippen LogP contribution in [0.1, 0.15) is 114 Å². The maximum Gasteiger partial charge on any atom is 0.191 e. The molecule has 4 aliphatic carbocycles. The van der Waals surface area contributed by atoms with Gasteiger partial charge in [0.15, 0.2) is 14.6 Å². The van der Waals surface area contributed by atoms with Crippen molar-refractivity contribution in [1.82, 2.24) is 0 Å². The van der Waals surface area contributed by atoms with Crippen molar-refractivity contribution in [1.29, 1.82) is 0 Å². The normalized spacial score (nSPS) is 40.5. The van der Waals surface area contributed by atoms with Crippen LogP contribution >= 0.6 is 0 Å². The summed E-state index contributed by atoms with van der Waals surface area (Å²) >= 11 is 0. The van der Waals surface area contributed by atoms with Crippen molar-refractivity contribution in [2.45, 2.75) is 145 Å². The second-order valence-electron chi connectivity index (χ2n) is 16.3. The van der Waals surface area contributed by atoms with Gasteiger partial charge in [0.1, 0.15) is 0 Å². The first kappa shape index (κ1) is 30.8. The quantitative estimate of drug-likeness (QED) is 0.172. The molecule has 0 aromatic rings. The average Bonchev–Trinajstić information content (AvgIpc) is 3.16. The van der Waals surface area contributed by atoms with E-state index in [1.807, 2.05) is 0 Å². The van der Waals surface area contributed by atoms with E-state index in [1.165, 1.54) is 38.5 Å². The molecule has 4 heteroatoms. The summed E-state index contributed by atoms with van der Waals surface area (Å²) in [4.78, 5) is 0. The highest BCUT2D eigenvalue weighted by Crippen LogP contribution is 2.69. The number of rotatable bonds is 8. The molecule has 0 aliphatic heterocycles. The Morgan fingerprint density at radius 1 is 0.974 bits per heavy atom. The zero-order valence-corrected chi connectivity index (χ0v) is 28.2. The van der Waals surface area contributed by atoms with Crippen molar-refractivity contribution in [3.63, 3.8) is 0 Å². The van der Waals surface area contributed by atoms with Crippen LogP contribution in [0.5, 0.6) is 0 Å². The lowest BCUT2D eigenvalue weighted by atomic mass is 9.44. The highest BCUT2D eigenvalue weighted by Gasteiger charge is 2.61. The third-order valence-corrected chi connectivity index (χ3v) is 17.4. The number of allylic oxidation sites excluding steroid dienone is 1. The summed E-state index contributed by atoms with van der Waals surface area (Å²) in [6.45, 7) is 30.4. The summed E-state index contributed by atoms with van der Waals surface area (Å²) in [6, 6.07) is 0. The van der Waals surface area contributed by atoms with E-state index in [0.29, 0.717) is 23.4 Å². The van der Waals surface area contributed by atoms with Crippen LogP contribution in [-0.4, -0.2) is 33.9 Å². The minimum atomic E-state index is -1.70. The second kappa shape index (κ2) is 10.6. The molecule has 9 atom stereocenters. The van der Waals surface area contributed by atoms with Gasteiger partial charge in [-0.1, -0.05) is 67.0 Å². The second-order valence-corrected chi connectivity index (χ2v) is 21.1. The number of fused-ring (bicyclic) bond motifs is 5. The molecule has 0 bridgehead atoms. The van der Waals surface area contributed by atoms with E-state index in [2.05, 4.69) is 88.4 Å². The first-order chi connectivity index (χ1) is 17.5. The molecule has 0 saturated heterocycles. The van der Waals surface area contributed by atoms with Gasteiger partial charge in [-0.05, 0) is 117 Å². The van der Waals surface area contributed by atoms with Gasteiger partial charge in [-0.15, -0.1) is 0 Å². The molecule has 0 radical (unpaired) electrons. The zero-order valence-electron chi connectivity index (χ0n) is 27.2. The Bertz CT molecular complexity index is 871. The van der Waals surface area contributed by atoms with Crippen molar-refractivity contribution >= 4 is 8.32 Å². The first-order valence-electron chi connectivity index (χ1n) is 16.1. The lowest BCUT2D eigenvalue weighted by Crippen LogP contribution is -2.55. The molecule has 4 aliphatic rings. The Balaban J connectivity index is 1.50. The predicted molar refractivity (Wildman–Crippen MR) is 163 cm³/mol. The van der Waals surface area contributed by atoms with E-state index in [1.54, 1.807) is 5.57 Å². The van der Waals surface area contributed by atoms with Gasteiger partial charge in [-0.25, -0.2) is 0 Å². The lowest BCUT2D eigenvalue weighted by molar-refractivity contribution is -0.193. The van der Waals surface area contributed by atoms with Gasteiger partial charge >= 0.3 is 0 Å². The topological polar surface area (TPSA) is 27.7 Å². The zero-order chi connectivity index (χ0) is 28.3. The van der Waals surface area contributed by atoms with E-state index in [9.17, 15) is 0 Å². The minimum Gasteiger partial charge on any atom is -0.417 e. The number of hydrogen-bond donors (Lipinski definition) is 0. The summed E-state index contributed by atoms with van der Waals surface area (Å²) in [5.74, 6) is 3.99. The van der Waals surface area contributed by atoms with Gasteiger partial charge in [-0.3, -0.25) is 0 Å². The molecule has 4 rings (SSSR count). The first-order valence-corrected chi connectivity index (χ1v) is 19.0. The Labute approximate surface area is 237 Å². The molecule has 38 heavy (non-hydrogen) atoms. The summed E-state index contributed by atoms with van der Waals surface area (Å²) < 4.78 is 19.0. The highest BCUT2D eigenvalue weighted by atomic mass is 28.4. The molecule has 3 nitrogen and oxygen atoms in total. The van der Waals surface area contributed by atoms with E-state index < -0.39 is 8.32 Å². The van der Waals surface area contributed by atoms with Gasteiger partial charge in [0.05, 0.1) is 6.10 Å². The Hall–Kier alpha value is -0.163. The molecule has 0 spiro atoms. The summed E-state index contributed by atoms with van der Waals surface area (Å²) in [5, 5.41) is 0.285.